The molecule has 1 aliphatic rings. The largest absolute Gasteiger partial charge is 0.324 e. The lowest BCUT2D eigenvalue weighted by molar-refractivity contribution is 0.807. The Balaban J connectivity index is 2.01. The molecule has 0 N–H and O–H groups in total. The Bertz CT molecular complexity index is 703. The van der Waals surface area contributed by atoms with Crippen LogP contribution < -0.4 is 9.80 Å². The first-order valence-corrected chi connectivity index (χ1v) is 8.46. The predicted octanol–water partition coefficient (Wildman–Crippen LogP) is 5.37. The molecular weight excluding hydrogens is 292 g/mol. The van der Waals surface area contributed by atoms with Crippen molar-refractivity contribution in [2.45, 2.75) is 47.7 Å². The van der Waals surface area contributed by atoms with Crippen molar-refractivity contribution in [3.05, 3.63) is 77.0 Å². The van der Waals surface area contributed by atoms with E-state index in [1.54, 1.807) is 0 Å². The molecule has 0 fully saturated rings. The highest BCUT2D eigenvalue weighted by atomic mass is 15.4. The first-order valence-electron chi connectivity index (χ1n) is 8.46. The first kappa shape index (κ1) is 16.6. The number of rotatable bonds is 2. The normalized spacial score (nSPS) is 14.8. The molecule has 2 nitrogen and oxygen atoms in total. The molecule has 2 heteroatoms. The molecule has 0 aliphatic carbocycles. The fourth-order valence-corrected chi connectivity index (χ4v) is 4.03. The Morgan fingerprint density at radius 1 is 0.625 bits per heavy atom. The van der Waals surface area contributed by atoms with Gasteiger partial charge in [0.15, 0.2) is 0 Å². The minimum atomic E-state index is -0.231. The second-order valence-corrected chi connectivity index (χ2v) is 7.02. The number of hydrogen-bond donors (Lipinski definition) is 0. The summed E-state index contributed by atoms with van der Waals surface area (Å²) in [5, 5.41) is 0. The minimum Gasteiger partial charge on any atom is -0.324 e. The van der Waals surface area contributed by atoms with E-state index in [0.717, 1.165) is 0 Å². The quantitative estimate of drug-likeness (QED) is 0.734. The second-order valence-electron chi connectivity index (χ2n) is 7.02. The molecule has 0 saturated carbocycles. The molecule has 0 unspecified atom stereocenters. The highest BCUT2D eigenvalue weighted by Gasteiger charge is 2.28. The summed E-state index contributed by atoms with van der Waals surface area (Å²) in [6, 6.07) is 8.86. The predicted molar refractivity (Wildman–Crippen MR) is 103 cm³/mol. The van der Waals surface area contributed by atoms with Crippen LogP contribution in [0, 0.1) is 48.5 Å². The Morgan fingerprint density at radius 2 is 0.917 bits per heavy atom. The highest BCUT2D eigenvalue weighted by Crippen LogP contribution is 2.36. The van der Waals surface area contributed by atoms with Crippen LogP contribution in [0.25, 0.3) is 0 Å². The molecule has 3 rings (SSSR count). The van der Waals surface area contributed by atoms with Gasteiger partial charge >= 0.3 is 0 Å². The third kappa shape index (κ3) is 2.71. The van der Waals surface area contributed by atoms with Crippen molar-refractivity contribution >= 4 is 11.4 Å². The third-order valence-corrected chi connectivity index (χ3v) is 4.75. The van der Waals surface area contributed by atoms with Crippen LogP contribution >= 0.6 is 0 Å². The molecule has 0 aromatic heterocycles. The zero-order valence-corrected chi connectivity index (χ0v) is 15.5. The van der Waals surface area contributed by atoms with E-state index in [-0.39, 0.29) is 6.17 Å². The molecule has 1 heterocycles. The van der Waals surface area contributed by atoms with Crippen molar-refractivity contribution in [2.75, 3.05) is 9.80 Å². The molecule has 0 spiro atoms. The van der Waals surface area contributed by atoms with Gasteiger partial charge in [-0.25, -0.2) is 0 Å². The number of hydrogen-bond acceptors (Lipinski definition) is 2. The Labute approximate surface area is 146 Å². The molecular formula is C22H26N2. The molecule has 0 saturated heterocycles. The van der Waals surface area contributed by atoms with Crippen molar-refractivity contribution < 1.29 is 0 Å². The molecule has 0 atom stereocenters. The van der Waals surface area contributed by atoms with Crippen LogP contribution in [0.4, 0.5) is 11.4 Å². The highest BCUT2D eigenvalue weighted by molar-refractivity contribution is 5.70. The lowest BCUT2D eigenvalue weighted by atomic mass is 10.0. The van der Waals surface area contributed by atoms with Crippen molar-refractivity contribution in [1.82, 2.24) is 0 Å². The maximum atomic E-state index is 6.63. The molecule has 2 radical (unpaired) electrons. The van der Waals surface area contributed by atoms with Crippen molar-refractivity contribution in [3.8, 4) is 0 Å². The molecule has 124 valence electrons. The van der Waals surface area contributed by atoms with Crippen LogP contribution in [0.2, 0.25) is 0 Å². The van der Waals surface area contributed by atoms with E-state index >= 15 is 0 Å². The van der Waals surface area contributed by atoms with Gasteiger partial charge in [-0.2, -0.15) is 0 Å². The van der Waals surface area contributed by atoms with Gasteiger partial charge in [-0.05, 0) is 63.8 Å². The summed E-state index contributed by atoms with van der Waals surface area (Å²) in [7, 11) is 0. The maximum Gasteiger partial charge on any atom is 0.114 e. The van der Waals surface area contributed by atoms with Crippen LogP contribution in [-0.4, -0.2) is 6.17 Å². The van der Waals surface area contributed by atoms with Gasteiger partial charge in [0.2, 0.25) is 0 Å². The standard InChI is InChI=1S/C22H26N2/c1-14-10-16(3)21(17(4)11-14)23-8-9-24(20(23)7)22-18(5)12-15(2)13-19(22)6/h7-13,20H,1-6H3. The van der Waals surface area contributed by atoms with Crippen molar-refractivity contribution in [1.29, 1.82) is 0 Å². The van der Waals surface area contributed by atoms with Crippen molar-refractivity contribution in [3.63, 3.8) is 0 Å². The smallest absolute Gasteiger partial charge is 0.114 e. The summed E-state index contributed by atoms with van der Waals surface area (Å²) in [4.78, 5) is 4.34. The van der Waals surface area contributed by atoms with Gasteiger partial charge in [-0.15, -0.1) is 0 Å². The summed E-state index contributed by atoms with van der Waals surface area (Å²) in [6.07, 6.45) is 3.95. The van der Waals surface area contributed by atoms with Gasteiger partial charge in [0.25, 0.3) is 0 Å². The zero-order valence-electron chi connectivity index (χ0n) is 15.5. The zero-order chi connectivity index (χ0) is 17.6. The summed E-state index contributed by atoms with van der Waals surface area (Å²) < 4.78 is 0. The van der Waals surface area contributed by atoms with Crippen LogP contribution in [0.3, 0.4) is 0 Å². The lowest BCUT2D eigenvalue weighted by Crippen LogP contribution is -2.37. The third-order valence-electron chi connectivity index (χ3n) is 4.75. The van der Waals surface area contributed by atoms with Gasteiger partial charge in [0.1, 0.15) is 6.17 Å². The number of anilines is 2. The van der Waals surface area contributed by atoms with E-state index in [9.17, 15) is 0 Å². The SMILES string of the molecule is [CH]C1N(c2c(C)cc(C)cc2C)C=CN1c1c(C)cc(C)cc1C. The van der Waals surface area contributed by atoms with E-state index < -0.39 is 0 Å². The van der Waals surface area contributed by atoms with E-state index in [2.05, 4.69) is 88.0 Å². The monoisotopic (exact) mass is 318 g/mol. The Hall–Kier alpha value is -2.22. The molecule has 24 heavy (non-hydrogen) atoms. The van der Waals surface area contributed by atoms with E-state index in [1.165, 1.54) is 44.8 Å². The molecule has 1 aliphatic heterocycles. The van der Waals surface area contributed by atoms with Gasteiger partial charge < -0.3 is 9.80 Å². The average molecular weight is 318 g/mol. The first-order chi connectivity index (χ1) is 11.3. The number of nitrogens with zero attached hydrogens (tertiary/aromatic N) is 2. The Morgan fingerprint density at radius 3 is 1.21 bits per heavy atom. The summed E-state index contributed by atoms with van der Waals surface area (Å²) >= 11 is 0. The van der Waals surface area contributed by atoms with Gasteiger partial charge in [-0.3, -0.25) is 0 Å². The molecule has 0 bridgehead atoms. The second kappa shape index (κ2) is 6.01. The maximum absolute atomic E-state index is 6.63. The average Bonchev–Trinajstić information content (AvgIpc) is 2.79. The summed E-state index contributed by atoms with van der Waals surface area (Å²) in [5.74, 6) is 0. The molecule has 0 amide bonds. The topological polar surface area (TPSA) is 6.48 Å². The fraction of sp³-hybridized carbons (Fsp3) is 0.318. The van der Waals surface area contributed by atoms with E-state index in [0.29, 0.717) is 0 Å². The number of benzene rings is 2. The Kier molecular flexibility index (Phi) is 4.16. The van der Waals surface area contributed by atoms with Gasteiger partial charge in [0.05, 0.1) is 0 Å². The van der Waals surface area contributed by atoms with Gasteiger partial charge in [0, 0.05) is 30.7 Å². The van der Waals surface area contributed by atoms with Crippen LogP contribution in [0.1, 0.15) is 33.4 Å². The van der Waals surface area contributed by atoms with Gasteiger partial charge in [-0.1, -0.05) is 35.4 Å². The van der Waals surface area contributed by atoms with Crippen LogP contribution in [-0.2, 0) is 0 Å². The fourth-order valence-electron chi connectivity index (χ4n) is 4.03. The number of aryl methyl sites for hydroxylation is 6. The van der Waals surface area contributed by atoms with Crippen LogP contribution in [0.5, 0.6) is 0 Å². The van der Waals surface area contributed by atoms with Crippen LogP contribution in [0.15, 0.2) is 36.7 Å². The summed E-state index contributed by atoms with van der Waals surface area (Å²) in [6.45, 7) is 19.5. The minimum absolute atomic E-state index is 0.231. The van der Waals surface area contributed by atoms with Crippen molar-refractivity contribution in [2.24, 2.45) is 0 Å². The molecule has 2 aromatic rings. The van der Waals surface area contributed by atoms with E-state index in [4.69, 9.17) is 6.92 Å². The van der Waals surface area contributed by atoms with E-state index in [1.807, 2.05) is 0 Å². The molecule has 2 aromatic carbocycles. The summed E-state index contributed by atoms with van der Waals surface area (Å²) in [5.41, 5.74) is 10.0. The lowest BCUT2D eigenvalue weighted by Gasteiger charge is -2.33.